The van der Waals surface area contributed by atoms with Crippen molar-refractivity contribution in [1.29, 1.82) is 0 Å². The van der Waals surface area contributed by atoms with Crippen LogP contribution in [0.2, 0.25) is 0 Å². The van der Waals surface area contributed by atoms with Crippen LogP contribution in [0.1, 0.15) is 0 Å². The van der Waals surface area contributed by atoms with Gasteiger partial charge in [-0.25, -0.2) is 4.98 Å². The van der Waals surface area contributed by atoms with E-state index in [-0.39, 0.29) is 0 Å². The van der Waals surface area contributed by atoms with E-state index < -0.39 is 0 Å². The smallest absolute Gasteiger partial charge is 0.238 e. The Balaban J connectivity index is 1.01. The number of nitrogens with zero attached hydrogens (tertiary/aromatic N) is 6. The molecule has 0 amide bonds. The first-order chi connectivity index (χ1) is 31.7. The second kappa shape index (κ2) is 13.6. The van der Waals surface area contributed by atoms with Gasteiger partial charge in [0.1, 0.15) is 0 Å². The van der Waals surface area contributed by atoms with Crippen molar-refractivity contribution >= 4 is 96.9 Å². The molecular weight excluding hydrogens is 801 g/mol. The Morgan fingerprint density at radius 2 is 0.766 bits per heavy atom. The van der Waals surface area contributed by atoms with Crippen molar-refractivity contribution in [3.63, 3.8) is 0 Å². The van der Waals surface area contributed by atoms with Crippen molar-refractivity contribution in [3.8, 4) is 40.1 Å². The third-order valence-electron chi connectivity index (χ3n) is 12.9. The van der Waals surface area contributed by atoms with E-state index in [0.717, 1.165) is 60.9 Å². The van der Waals surface area contributed by atoms with E-state index in [9.17, 15) is 0 Å². The lowest BCUT2D eigenvalue weighted by Gasteiger charge is -2.13. The molecule has 0 bridgehead atoms. The highest BCUT2D eigenvalue weighted by Gasteiger charge is 2.21. The maximum atomic E-state index is 5.36. The van der Waals surface area contributed by atoms with Crippen molar-refractivity contribution in [2.45, 2.75) is 0 Å². The Labute approximate surface area is 370 Å². The fraction of sp³-hybridized carbons (Fsp3) is 0. The summed E-state index contributed by atoms with van der Waals surface area (Å²) in [7, 11) is 0. The molecule has 7 heteroatoms. The third kappa shape index (κ3) is 5.16. The van der Waals surface area contributed by atoms with Gasteiger partial charge in [-0.3, -0.25) is 4.57 Å². The van der Waals surface area contributed by atoms with Crippen LogP contribution in [-0.4, -0.2) is 28.7 Å². The van der Waals surface area contributed by atoms with Crippen LogP contribution in [-0.2, 0) is 0 Å². The summed E-state index contributed by atoms with van der Waals surface area (Å²) in [5.74, 6) is 1.80. The molecule has 0 saturated carbocycles. The van der Waals surface area contributed by atoms with Crippen LogP contribution in [0.5, 0.6) is 0 Å². The zero-order valence-corrected chi connectivity index (χ0v) is 35.0. The number of thiophene rings is 1. The molecule has 0 N–H and O–H groups in total. The Bertz CT molecular complexity index is 4160. The van der Waals surface area contributed by atoms with Crippen molar-refractivity contribution in [3.05, 3.63) is 206 Å². The van der Waals surface area contributed by atoms with E-state index >= 15 is 0 Å². The zero-order valence-electron chi connectivity index (χ0n) is 34.2. The summed E-state index contributed by atoms with van der Waals surface area (Å²) < 4.78 is 9.44. The number of aromatic nitrogens is 6. The molecule has 0 fully saturated rings. The minimum absolute atomic E-state index is 0.576. The quantitative estimate of drug-likeness (QED) is 0.174. The molecule has 5 aromatic heterocycles. The molecule has 9 aromatic carbocycles. The maximum Gasteiger partial charge on any atom is 0.238 e. The average molecular weight is 835 g/mol. The normalized spacial score (nSPS) is 12.1. The summed E-state index contributed by atoms with van der Waals surface area (Å²) in [4.78, 5) is 16.0. The summed E-state index contributed by atoms with van der Waals surface area (Å²) in [6.45, 7) is 0. The third-order valence-corrected chi connectivity index (χ3v) is 14.0. The van der Waals surface area contributed by atoms with Crippen molar-refractivity contribution in [2.75, 3.05) is 0 Å². The van der Waals surface area contributed by atoms with Gasteiger partial charge in [0.05, 0.1) is 33.1 Å². The monoisotopic (exact) mass is 834 g/mol. The molecule has 64 heavy (non-hydrogen) atoms. The van der Waals surface area contributed by atoms with Gasteiger partial charge in [-0.05, 0) is 72.8 Å². The molecule has 5 heterocycles. The summed E-state index contributed by atoms with van der Waals surface area (Å²) >= 11 is 1.80. The molecule has 14 aromatic rings. The topological polar surface area (TPSA) is 53.5 Å². The van der Waals surface area contributed by atoms with Gasteiger partial charge in [0.2, 0.25) is 5.95 Å². The van der Waals surface area contributed by atoms with Gasteiger partial charge in [-0.2, -0.15) is 9.97 Å². The molecule has 0 atom stereocenters. The number of rotatable bonds is 5. The van der Waals surface area contributed by atoms with Crippen molar-refractivity contribution < 1.29 is 0 Å². The lowest BCUT2D eigenvalue weighted by atomic mass is 10.1. The number of hydrogen-bond donors (Lipinski definition) is 0. The first-order valence-electron chi connectivity index (χ1n) is 21.5. The molecule has 0 radical (unpaired) electrons. The van der Waals surface area contributed by atoms with E-state index in [1.807, 2.05) is 0 Å². The molecular formula is C57H34N6S. The Morgan fingerprint density at radius 1 is 0.281 bits per heavy atom. The van der Waals surface area contributed by atoms with Gasteiger partial charge in [0.15, 0.2) is 11.6 Å². The molecule has 0 aliphatic heterocycles. The number of fused-ring (bicyclic) bond motifs is 12. The predicted molar refractivity (Wildman–Crippen MR) is 267 cm³/mol. The zero-order chi connectivity index (χ0) is 41.9. The molecule has 0 spiro atoms. The molecule has 0 unspecified atom stereocenters. The van der Waals surface area contributed by atoms with Crippen LogP contribution in [0.3, 0.4) is 0 Å². The van der Waals surface area contributed by atoms with Crippen LogP contribution in [0.25, 0.3) is 126 Å². The molecule has 0 saturated heterocycles. The Kier molecular flexibility index (Phi) is 7.46. The predicted octanol–water partition coefficient (Wildman–Crippen LogP) is 14.9. The van der Waals surface area contributed by atoms with Crippen LogP contribution < -0.4 is 0 Å². The summed E-state index contributed by atoms with van der Waals surface area (Å²) in [6, 6.07) is 73.8. The summed E-state index contributed by atoms with van der Waals surface area (Å²) in [5.41, 5.74) is 10.7. The van der Waals surface area contributed by atoms with Crippen molar-refractivity contribution in [2.24, 2.45) is 0 Å². The average Bonchev–Trinajstić information content (AvgIpc) is 4.09. The standard InChI is InChI=1S/C57H34N6S/c1-2-16-37(17-3-1)61-47-24-9-6-21-41(47)45-33-46-42-22-7-10-25-48(42)62(52(46)34-51(45)61)38-18-14-15-35(31-38)55-58-56(36-29-30-44-43-23-8-13-28-53(43)64-54(44)32-36)60-57(59-55)63-49-26-11-4-19-39(49)40-20-5-12-27-50(40)63/h1-34H. The highest BCUT2D eigenvalue weighted by Crippen LogP contribution is 2.41. The van der Waals surface area contributed by atoms with Crippen molar-refractivity contribution in [1.82, 2.24) is 28.7 Å². The second-order valence-electron chi connectivity index (χ2n) is 16.4. The summed E-state index contributed by atoms with van der Waals surface area (Å²) in [6.07, 6.45) is 0. The molecule has 0 aliphatic carbocycles. The number of para-hydroxylation sites is 5. The second-order valence-corrected chi connectivity index (χ2v) is 17.5. The van der Waals surface area contributed by atoms with Gasteiger partial charge in [-0.15, -0.1) is 11.3 Å². The van der Waals surface area contributed by atoms with Gasteiger partial charge >= 0.3 is 0 Å². The minimum Gasteiger partial charge on any atom is -0.309 e. The van der Waals surface area contributed by atoms with Crippen LogP contribution in [0, 0.1) is 0 Å². The van der Waals surface area contributed by atoms with E-state index in [4.69, 9.17) is 15.0 Å². The number of hydrogen-bond acceptors (Lipinski definition) is 4. The fourth-order valence-electron chi connectivity index (χ4n) is 10.1. The number of benzene rings is 9. The first kappa shape index (κ1) is 35.2. The lowest BCUT2D eigenvalue weighted by Crippen LogP contribution is -2.06. The van der Waals surface area contributed by atoms with E-state index in [2.05, 4.69) is 220 Å². The summed E-state index contributed by atoms with van der Waals surface area (Å²) in [5, 5.41) is 9.68. The van der Waals surface area contributed by atoms with Gasteiger partial charge in [0.25, 0.3) is 0 Å². The Morgan fingerprint density at radius 3 is 1.41 bits per heavy atom. The van der Waals surface area contributed by atoms with Crippen LogP contribution in [0.15, 0.2) is 206 Å². The SMILES string of the molecule is c1ccc(-n2c3ccccc3c3cc4c5ccccc5n(-c5cccc(-c6nc(-c7ccc8c(c7)sc7ccccc78)nc(-n7c8ccccc8c8ccccc87)n6)c5)c4cc32)cc1. The van der Waals surface area contributed by atoms with E-state index in [1.165, 1.54) is 47.2 Å². The van der Waals surface area contributed by atoms with Gasteiger partial charge in [0, 0.05) is 75.0 Å². The Hall–Kier alpha value is -8.39. The van der Waals surface area contributed by atoms with E-state index in [1.54, 1.807) is 11.3 Å². The molecule has 0 aliphatic rings. The van der Waals surface area contributed by atoms with Gasteiger partial charge < -0.3 is 9.13 Å². The lowest BCUT2D eigenvalue weighted by molar-refractivity contribution is 0.953. The van der Waals surface area contributed by atoms with Crippen LogP contribution in [0.4, 0.5) is 0 Å². The largest absolute Gasteiger partial charge is 0.309 e. The molecule has 298 valence electrons. The van der Waals surface area contributed by atoms with Crippen LogP contribution >= 0.6 is 11.3 Å². The fourth-order valence-corrected chi connectivity index (χ4v) is 11.2. The van der Waals surface area contributed by atoms with E-state index in [0.29, 0.717) is 17.6 Å². The van der Waals surface area contributed by atoms with Gasteiger partial charge in [-0.1, -0.05) is 133 Å². The highest BCUT2D eigenvalue weighted by atomic mass is 32.1. The molecule has 6 nitrogen and oxygen atoms in total. The highest BCUT2D eigenvalue weighted by molar-refractivity contribution is 7.25. The first-order valence-corrected chi connectivity index (χ1v) is 22.3. The minimum atomic E-state index is 0.576. The maximum absolute atomic E-state index is 5.36. The molecule has 14 rings (SSSR count).